The topological polar surface area (TPSA) is 40.8 Å². The Hall–Kier alpha value is -1.24. The lowest BCUT2D eigenvalue weighted by molar-refractivity contribution is 0.419. The van der Waals surface area contributed by atoms with Gasteiger partial charge in [-0.3, -0.25) is 0 Å². The van der Waals surface area contributed by atoms with Gasteiger partial charge >= 0.3 is 0 Å². The number of aromatic nitrogens is 2. The monoisotopic (exact) mass is 496 g/mol. The molecule has 3 nitrogen and oxygen atoms in total. The zero-order valence-corrected chi connectivity index (χ0v) is 16.8. The van der Waals surface area contributed by atoms with Gasteiger partial charge in [0.15, 0.2) is 0 Å². The molecule has 116 valence electrons. The van der Waals surface area contributed by atoms with E-state index < -0.39 is 0 Å². The number of benzene rings is 2. The van der Waals surface area contributed by atoms with Crippen LogP contribution in [0.25, 0.3) is 32.9 Å². The summed E-state index contributed by atoms with van der Waals surface area (Å²) < 4.78 is 8.48. The fourth-order valence-corrected chi connectivity index (χ4v) is 4.57. The van der Waals surface area contributed by atoms with Gasteiger partial charge in [-0.25, -0.2) is 0 Å². The van der Waals surface area contributed by atoms with Crippen molar-refractivity contribution in [2.24, 2.45) is 0 Å². The lowest BCUT2D eigenvalue weighted by Crippen LogP contribution is -1.88. The van der Waals surface area contributed by atoms with Crippen LogP contribution in [0, 0.1) is 0 Å². The molecule has 0 unspecified atom stereocenters. The summed E-state index contributed by atoms with van der Waals surface area (Å²) in [5.74, 6) is 0.817. The minimum absolute atomic E-state index is 0.817. The van der Waals surface area contributed by atoms with E-state index in [1.807, 2.05) is 18.3 Å². The third kappa shape index (κ3) is 2.35. The molecular formula is C17H11Br3N2O. The maximum atomic E-state index is 5.49. The number of nitrogens with one attached hydrogen (secondary N) is 2. The predicted octanol–water partition coefficient (Wildman–Crippen LogP) is 6.61. The third-order valence-electron chi connectivity index (χ3n) is 3.94. The summed E-state index contributed by atoms with van der Waals surface area (Å²) in [5, 5.41) is 2.26. The summed E-state index contributed by atoms with van der Waals surface area (Å²) in [6.45, 7) is 0. The zero-order chi connectivity index (χ0) is 16.1. The lowest BCUT2D eigenvalue weighted by atomic mass is 10.0. The van der Waals surface area contributed by atoms with Gasteiger partial charge in [0.05, 0.1) is 17.2 Å². The Balaban J connectivity index is 2.15. The summed E-state index contributed by atoms with van der Waals surface area (Å²) >= 11 is 11.0. The zero-order valence-electron chi connectivity index (χ0n) is 12.0. The first-order chi connectivity index (χ1) is 11.1. The van der Waals surface area contributed by atoms with Gasteiger partial charge in [0.1, 0.15) is 5.75 Å². The van der Waals surface area contributed by atoms with Crippen LogP contribution in [0.15, 0.2) is 50.1 Å². The van der Waals surface area contributed by atoms with Crippen LogP contribution in [0.5, 0.6) is 5.75 Å². The van der Waals surface area contributed by atoms with Crippen molar-refractivity contribution in [3.8, 4) is 16.9 Å². The molecule has 0 bridgehead atoms. The molecule has 0 atom stereocenters. The third-order valence-corrected chi connectivity index (χ3v) is 5.66. The molecule has 4 rings (SSSR count). The highest BCUT2D eigenvalue weighted by Crippen LogP contribution is 2.45. The average molecular weight is 499 g/mol. The van der Waals surface area contributed by atoms with Gasteiger partial charge in [-0.05, 0) is 62.2 Å². The second-order valence-corrected chi connectivity index (χ2v) is 7.77. The van der Waals surface area contributed by atoms with Gasteiger partial charge in [-0.15, -0.1) is 0 Å². The first-order valence-corrected chi connectivity index (χ1v) is 9.28. The minimum Gasteiger partial charge on any atom is -0.495 e. The van der Waals surface area contributed by atoms with Crippen molar-refractivity contribution in [3.05, 3.63) is 50.1 Å². The van der Waals surface area contributed by atoms with E-state index in [2.05, 4.69) is 76.0 Å². The lowest BCUT2D eigenvalue weighted by Gasteiger charge is -2.11. The van der Waals surface area contributed by atoms with Gasteiger partial charge in [0.25, 0.3) is 0 Å². The minimum atomic E-state index is 0.817. The molecule has 0 saturated carbocycles. The van der Waals surface area contributed by atoms with Gasteiger partial charge < -0.3 is 14.7 Å². The number of fused-ring (bicyclic) bond motifs is 2. The molecule has 0 fully saturated rings. The Kier molecular flexibility index (Phi) is 3.78. The van der Waals surface area contributed by atoms with Crippen molar-refractivity contribution < 1.29 is 4.74 Å². The molecule has 2 aromatic heterocycles. The normalized spacial score (nSPS) is 11.5. The van der Waals surface area contributed by atoms with E-state index in [0.29, 0.717) is 0 Å². The van der Waals surface area contributed by atoms with Crippen LogP contribution < -0.4 is 4.74 Å². The molecule has 0 saturated heterocycles. The van der Waals surface area contributed by atoms with Crippen LogP contribution in [0.3, 0.4) is 0 Å². The van der Waals surface area contributed by atoms with Crippen molar-refractivity contribution in [2.75, 3.05) is 7.11 Å². The van der Waals surface area contributed by atoms with Crippen molar-refractivity contribution >= 4 is 69.6 Å². The first-order valence-electron chi connectivity index (χ1n) is 6.91. The van der Waals surface area contributed by atoms with Crippen LogP contribution >= 0.6 is 47.8 Å². The van der Waals surface area contributed by atoms with Gasteiger partial charge in [-0.2, -0.15) is 0 Å². The summed E-state index contributed by atoms with van der Waals surface area (Å²) in [6, 6.07) is 10.3. The quantitative estimate of drug-likeness (QED) is 0.320. The first kappa shape index (κ1) is 15.3. The van der Waals surface area contributed by atoms with Crippen molar-refractivity contribution in [1.82, 2.24) is 9.97 Å². The Morgan fingerprint density at radius 2 is 1.78 bits per heavy atom. The molecular weight excluding hydrogens is 488 g/mol. The fourth-order valence-electron chi connectivity index (χ4n) is 2.96. The molecule has 0 aliphatic rings. The number of ether oxygens (including phenoxy) is 1. The Morgan fingerprint density at radius 1 is 0.957 bits per heavy atom. The molecule has 0 radical (unpaired) electrons. The Labute approximate surface area is 157 Å². The van der Waals surface area contributed by atoms with Gasteiger partial charge in [-0.1, -0.05) is 15.9 Å². The maximum Gasteiger partial charge on any atom is 0.144 e. The molecule has 4 aromatic rings. The molecule has 0 aliphatic heterocycles. The molecule has 23 heavy (non-hydrogen) atoms. The van der Waals surface area contributed by atoms with Crippen LogP contribution in [0.2, 0.25) is 0 Å². The summed E-state index contributed by atoms with van der Waals surface area (Å²) in [7, 11) is 1.68. The van der Waals surface area contributed by atoms with Crippen LogP contribution in [0.1, 0.15) is 0 Å². The Bertz CT molecular complexity index is 1050. The molecule has 2 heterocycles. The predicted molar refractivity (Wildman–Crippen MR) is 105 cm³/mol. The number of H-pyrrole nitrogens is 2. The van der Waals surface area contributed by atoms with Gasteiger partial charge in [0.2, 0.25) is 0 Å². The van der Waals surface area contributed by atoms with E-state index >= 15 is 0 Å². The van der Waals surface area contributed by atoms with E-state index in [1.165, 1.54) is 0 Å². The number of hydrogen-bond acceptors (Lipinski definition) is 1. The molecule has 0 aliphatic carbocycles. The number of methoxy groups -OCH3 is 1. The van der Waals surface area contributed by atoms with Crippen molar-refractivity contribution in [2.45, 2.75) is 0 Å². The standard InChI is InChI=1S/C17H11Br3N2O/c1-23-13-7-11(19)14(9-4-5-21-16(9)13)15-10-6-8(18)2-3-12(10)22-17(15)20/h2-7,21-22H,1H3. The fraction of sp³-hybridized carbons (Fsp3) is 0.0588. The van der Waals surface area contributed by atoms with Crippen molar-refractivity contribution in [1.29, 1.82) is 0 Å². The van der Waals surface area contributed by atoms with Crippen molar-refractivity contribution in [3.63, 3.8) is 0 Å². The number of aromatic amines is 2. The molecule has 2 N–H and O–H groups in total. The second kappa shape index (κ2) is 5.69. The Morgan fingerprint density at radius 3 is 2.57 bits per heavy atom. The van der Waals surface area contributed by atoms with E-state index in [-0.39, 0.29) is 0 Å². The number of rotatable bonds is 2. The van der Waals surface area contributed by atoms with Gasteiger partial charge in [0, 0.05) is 42.6 Å². The largest absolute Gasteiger partial charge is 0.495 e. The molecule has 2 aromatic carbocycles. The summed E-state index contributed by atoms with van der Waals surface area (Å²) in [5.41, 5.74) is 4.32. The highest BCUT2D eigenvalue weighted by molar-refractivity contribution is 9.11. The second-order valence-electron chi connectivity index (χ2n) is 5.21. The molecule has 0 spiro atoms. The van der Waals surface area contributed by atoms with Crippen LogP contribution in [-0.4, -0.2) is 17.1 Å². The maximum absolute atomic E-state index is 5.49. The summed E-state index contributed by atoms with van der Waals surface area (Å²) in [6.07, 6.45) is 1.93. The highest BCUT2D eigenvalue weighted by Gasteiger charge is 2.20. The SMILES string of the molecule is COc1cc(Br)c(-c2c(Br)[nH]c3ccc(Br)cc23)c2cc[nH]c12. The highest BCUT2D eigenvalue weighted by atomic mass is 79.9. The van der Waals surface area contributed by atoms with Crippen LogP contribution in [0.4, 0.5) is 0 Å². The molecule has 6 heteroatoms. The average Bonchev–Trinajstić information content (AvgIpc) is 3.11. The van der Waals surface area contributed by atoms with E-state index in [4.69, 9.17) is 4.74 Å². The molecule has 0 amide bonds. The van der Waals surface area contributed by atoms with Crippen LogP contribution in [-0.2, 0) is 0 Å². The summed E-state index contributed by atoms with van der Waals surface area (Å²) in [4.78, 5) is 6.67. The van der Waals surface area contributed by atoms with E-state index in [1.54, 1.807) is 7.11 Å². The number of halogens is 3. The smallest absolute Gasteiger partial charge is 0.144 e. The van der Waals surface area contributed by atoms with E-state index in [9.17, 15) is 0 Å². The van der Waals surface area contributed by atoms with E-state index in [0.717, 1.165) is 52.2 Å². The number of hydrogen-bond donors (Lipinski definition) is 2.